The van der Waals surface area contributed by atoms with Gasteiger partial charge >= 0.3 is 0 Å². The molecule has 0 aliphatic heterocycles. The summed E-state index contributed by atoms with van der Waals surface area (Å²) in [5.74, 6) is -1.76. The third-order valence-corrected chi connectivity index (χ3v) is 6.97. The fourth-order valence-electron chi connectivity index (χ4n) is 4.32. The molecular formula is C27H28FN3O3S. The number of nitrogens with one attached hydrogen (secondary N) is 2. The van der Waals surface area contributed by atoms with Crippen LogP contribution in [0.5, 0.6) is 0 Å². The average molecular weight is 494 g/mol. The molecule has 35 heavy (non-hydrogen) atoms. The minimum Gasteiger partial charge on any atom is -0.351 e. The zero-order chi connectivity index (χ0) is 24.8. The number of amides is 3. The maximum Gasteiger partial charge on any atom is 0.261 e. The fourth-order valence-corrected chi connectivity index (χ4v) is 4.96. The third-order valence-electron chi connectivity index (χ3n) is 6.10. The molecule has 0 unspecified atom stereocenters. The van der Waals surface area contributed by atoms with Crippen LogP contribution in [0.3, 0.4) is 0 Å². The Labute approximate surface area is 208 Å². The highest BCUT2D eigenvalue weighted by atomic mass is 32.1. The van der Waals surface area contributed by atoms with E-state index in [1.54, 1.807) is 35.7 Å². The molecule has 2 N–H and O–H groups in total. The van der Waals surface area contributed by atoms with Crippen LogP contribution < -0.4 is 15.5 Å². The molecular weight excluding hydrogens is 465 g/mol. The van der Waals surface area contributed by atoms with Crippen molar-refractivity contribution < 1.29 is 18.8 Å². The second-order valence-electron chi connectivity index (χ2n) is 8.71. The van der Waals surface area contributed by atoms with Crippen LogP contribution in [0.25, 0.3) is 0 Å². The molecule has 8 heteroatoms. The lowest BCUT2D eigenvalue weighted by Crippen LogP contribution is -2.49. The van der Waals surface area contributed by atoms with E-state index < -0.39 is 17.8 Å². The standard InChI is InChI=1S/C27H28FN3O3S/c1-18-11-13-19(14-12-18)25(27(34)30-21-7-2-3-8-21)31(22-9-4-6-20(28)16-22)24(32)17-29-26(33)23-10-5-15-35-23/h4-6,9-16,21,25H,2-3,7-8,17H2,1H3,(H,29,33)(H,30,34)/t25-/m1/s1. The van der Waals surface area contributed by atoms with Gasteiger partial charge in [0.2, 0.25) is 11.8 Å². The Kier molecular flexibility index (Phi) is 7.92. The molecule has 4 rings (SSSR count). The SMILES string of the molecule is Cc1ccc([C@H](C(=O)NC2CCCC2)N(C(=O)CNC(=O)c2cccs2)c2cccc(F)c2)cc1. The van der Waals surface area contributed by atoms with Crippen LogP contribution >= 0.6 is 11.3 Å². The summed E-state index contributed by atoms with van der Waals surface area (Å²) in [4.78, 5) is 41.4. The smallest absolute Gasteiger partial charge is 0.261 e. The highest BCUT2D eigenvalue weighted by molar-refractivity contribution is 7.12. The molecule has 3 amide bonds. The maximum absolute atomic E-state index is 14.2. The molecule has 1 heterocycles. The Morgan fingerprint density at radius 1 is 1.06 bits per heavy atom. The normalized spacial score (nSPS) is 14.3. The second kappa shape index (κ2) is 11.3. The predicted molar refractivity (Wildman–Crippen MR) is 135 cm³/mol. The first-order valence-corrected chi connectivity index (χ1v) is 12.6. The quantitative estimate of drug-likeness (QED) is 0.475. The largest absolute Gasteiger partial charge is 0.351 e. The van der Waals surface area contributed by atoms with E-state index >= 15 is 0 Å². The summed E-state index contributed by atoms with van der Waals surface area (Å²) in [6.07, 6.45) is 3.86. The predicted octanol–water partition coefficient (Wildman–Crippen LogP) is 4.76. The molecule has 0 bridgehead atoms. The number of thiophene rings is 1. The number of nitrogens with zero attached hydrogens (tertiary/aromatic N) is 1. The second-order valence-corrected chi connectivity index (χ2v) is 9.65. The molecule has 0 saturated heterocycles. The van der Waals surface area contributed by atoms with Crippen molar-refractivity contribution >= 4 is 34.7 Å². The van der Waals surface area contributed by atoms with Gasteiger partial charge in [-0.25, -0.2) is 4.39 Å². The van der Waals surface area contributed by atoms with Crippen molar-refractivity contribution in [3.05, 3.63) is 87.9 Å². The van der Waals surface area contributed by atoms with E-state index in [1.807, 2.05) is 19.1 Å². The number of anilines is 1. The number of halogens is 1. The summed E-state index contributed by atoms with van der Waals surface area (Å²) in [7, 11) is 0. The monoisotopic (exact) mass is 493 g/mol. The highest BCUT2D eigenvalue weighted by Gasteiger charge is 2.34. The van der Waals surface area contributed by atoms with Gasteiger partial charge in [-0.15, -0.1) is 11.3 Å². The molecule has 6 nitrogen and oxygen atoms in total. The lowest BCUT2D eigenvalue weighted by molar-refractivity contribution is -0.126. The Morgan fingerprint density at radius 3 is 2.46 bits per heavy atom. The Bertz CT molecular complexity index is 1170. The number of carbonyl (C=O) groups excluding carboxylic acids is 3. The number of aryl methyl sites for hydroxylation is 1. The number of benzene rings is 2. The van der Waals surface area contributed by atoms with Gasteiger partial charge in [-0.3, -0.25) is 19.3 Å². The van der Waals surface area contributed by atoms with Crippen molar-refractivity contribution in [2.75, 3.05) is 11.4 Å². The van der Waals surface area contributed by atoms with E-state index in [9.17, 15) is 18.8 Å². The van der Waals surface area contributed by atoms with Crippen molar-refractivity contribution in [2.45, 2.75) is 44.7 Å². The van der Waals surface area contributed by atoms with Crippen molar-refractivity contribution in [3.63, 3.8) is 0 Å². The third kappa shape index (κ3) is 6.14. The van der Waals surface area contributed by atoms with Crippen LogP contribution in [0.1, 0.15) is 52.5 Å². The van der Waals surface area contributed by atoms with E-state index in [0.29, 0.717) is 10.4 Å². The highest BCUT2D eigenvalue weighted by Crippen LogP contribution is 2.30. The van der Waals surface area contributed by atoms with Crippen LogP contribution in [0.4, 0.5) is 10.1 Å². The minimum absolute atomic E-state index is 0.0402. The molecule has 0 spiro atoms. The first kappa shape index (κ1) is 24.6. The van der Waals surface area contributed by atoms with Crippen LogP contribution in [0, 0.1) is 12.7 Å². The number of carbonyl (C=O) groups is 3. The lowest BCUT2D eigenvalue weighted by Gasteiger charge is -2.32. The van der Waals surface area contributed by atoms with Gasteiger partial charge in [0.05, 0.1) is 11.4 Å². The summed E-state index contributed by atoms with van der Waals surface area (Å²) in [5, 5.41) is 7.49. The summed E-state index contributed by atoms with van der Waals surface area (Å²) >= 11 is 1.27. The van der Waals surface area contributed by atoms with E-state index in [1.165, 1.54) is 34.4 Å². The van der Waals surface area contributed by atoms with Crippen LogP contribution in [-0.2, 0) is 9.59 Å². The zero-order valence-corrected chi connectivity index (χ0v) is 20.3. The number of hydrogen-bond acceptors (Lipinski definition) is 4. The molecule has 1 aromatic heterocycles. The van der Waals surface area contributed by atoms with Crippen molar-refractivity contribution in [2.24, 2.45) is 0 Å². The molecule has 2 aromatic carbocycles. The first-order valence-electron chi connectivity index (χ1n) is 11.7. The zero-order valence-electron chi connectivity index (χ0n) is 19.5. The lowest BCUT2D eigenvalue weighted by atomic mass is 10.0. The Morgan fingerprint density at radius 2 is 1.80 bits per heavy atom. The van der Waals surface area contributed by atoms with Gasteiger partial charge in [0.1, 0.15) is 11.9 Å². The van der Waals surface area contributed by atoms with Crippen LogP contribution in [0.15, 0.2) is 66.0 Å². The van der Waals surface area contributed by atoms with Crippen LogP contribution in [-0.4, -0.2) is 30.3 Å². The Balaban J connectivity index is 1.68. The van der Waals surface area contributed by atoms with E-state index in [2.05, 4.69) is 10.6 Å². The summed E-state index contributed by atoms with van der Waals surface area (Å²) in [6, 6.07) is 15.4. The summed E-state index contributed by atoms with van der Waals surface area (Å²) in [5.41, 5.74) is 1.86. The molecule has 0 radical (unpaired) electrons. The topological polar surface area (TPSA) is 78.5 Å². The van der Waals surface area contributed by atoms with Gasteiger partial charge in [-0.05, 0) is 55.0 Å². The van der Waals surface area contributed by atoms with Gasteiger partial charge in [0.15, 0.2) is 0 Å². The summed E-state index contributed by atoms with van der Waals surface area (Å²) < 4.78 is 14.2. The fraction of sp³-hybridized carbons (Fsp3) is 0.296. The van der Waals surface area contributed by atoms with E-state index in [0.717, 1.165) is 31.2 Å². The van der Waals surface area contributed by atoms with Crippen molar-refractivity contribution in [1.82, 2.24) is 10.6 Å². The van der Waals surface area contributed by atoms with E-state index in [-0.39, 0.29) is 30.1 Å². The maximum atomic E-state index is 14.2. The number of hydrogen-bond donors (Lipinski definition) is 2. The average Bonchev–Trinajstić information content (AvgIpc) is 3.56. The van der Waals surface area contributed by atoms with Crippen molar-refractivity contribution in [1.29, 1.82) is 0 Å². The molecule has 1 saturated carbocycles. The first-order chi connectivity index (χ1) is 16.9. The molecule has 1 aliphatic rings. The van der Waals surface area contributed by atoms with Gasteiger partial charge in [-0.2, -0.15) is 0 Å². The van der Waals surface area contributed by atoms with Gasteiger partial charge in [-0.1, -0.05) is 54.8 Å². The number of rotatable bonds is 8. The Hall–Kier alpha value is -3.52. The summed E-state index contributed by atoms with van der Waals surface area (Å²) in [6.45, 7) is 1.60. The molecule has 1 atom stereocenters. The minimum atomic E-state index is -1.02. The van der Waals surface area contributed by atoms with Gasteiger partial charge < -0.3 is 10.6 Å². The van der Waals surface area contributed by atoms with Crippen molar-refractivity contribution in [3.8, 4) is 0 Å². The molecule has 3 aromatic rings. The molecule has 1 fully saturated rings. The van der Waals surface area contributed by atoms with Gasteiger partial charge in [0, 0.05) is 11.7 Å². The van der Waals surface area contributed by atoms with E-state index in [4.69, 9.17) is 0 Å². The molecule has 182 valence electrons. The molecule has 1 aliphatic carbocycles. The van der Waals surface area contributed by atoms with Gasteiger partial charge in [0.25, 0.3) is 5.91 Å². The van der Waals surface area contributed by atoms with Crippen LogP contribution in [0.2, 0.25) is 0 Å².